The molecule has 1 heterocycles. The van der Waals surface area contributed by atoms with Gasteiger partial charge in [0, 0.05) is 27.2 Å². The first-order valence-electron chi connectivity index (χ1n) is 7.56. The summed E-state index contributed by atoms with van der Waals surface area (Å²) in [4.78, 5) is 10.1. The lowest BCUT2D eigenvalue weighted by Gasteiger charge is -2.14. The first kappa shape index (κ1) is 23.5. The van der Waals surface area contributed by atoms with Gasteiger partial charge in [0.2, 0.25) is 5.91 Å². The van der Waals surface area contributed by atoms with Crippen LogP contribution in [0.15, 0.2) is 0 Å². The van der Waals surface area contributed by atoms with Crippen LogP contribution < -0.4 is 5.32 Å². The van der Waals surface area contributed by atoms with Gasteiger partial charge in [-0.05, 0) is 27.2 Å². The molecule has 0 aromatic carbocycles. The second kappa shape index (κ2) is 16.6. The molecule has 0 spiro atoms. The topological polar surface area (TPSA) is 97.2 Å². The predicted molar refractivity (Wildman–Crippen MR) is 84.8 cm³/mol. The Morgan fingerprint density at radius 1 is 1.18 bits per heavy atom. The average Bonchev–Trinajstić information content (AvgIpc) is 2.97. The van der Waals surface area contributed by atoms with Gasteiger partial charge in [-0.15, -0.1) is 0 Å². The molecule has 1 amide bonds. The maximum absolute atomic E-state index is 10.1. The highest BCUT2D eigenvalue weighted by Crippen LogP contribution is 1.95. The van der Waals surface area contributed by atoms with Gasteiger partial charge in [-0.1, -0.05) is 0 Å². The third-order valence-corrected chi connectivity index (χ3v) is 2.59. The Hall–Kier alpha value is -0.730. The van der Waals surface area contributed by atoms with Gasteiger partial charge in [0.05, 0.1) is 38.1 Å². The number of hydrogen-bond acceptors (Lipinski definition) is 6. The molecule has 1 aliphatic rings. The lowest BCUT2D eigenvalue weighted by molar-refractivity contribution is -0.119. The van der Waals surface area contributed by atoms with E-state index < -0.39 is 6.10 Å². The maximum atomic E-state index is 10.1. The van der Waals surface area contributed by atoms with Gasteiger partial charge in [-0.3, -0.25) is 4.79 Å². The highest BCUT2D eigenvalue weighted by molar-refractivity contribution is 5.77. The molecule has 22 heavy (non-hydrogen) atoms. The van der Waals surface area contributed by atoms with Crippen molar-refractivity contribution in [3.63, 3.8) is 0 Å². The van der Waals surface area contributed by atoms with Crippen molar-refractivity contribution >= 4 is 5.91 Å². The lowest BCUT2D eigenvalue weighted by Crippen LogP contribution is -2.21. The fourth-order valence-electron chi connectivity index (χ4n) is 1.22. The molecule has 0 saturated carbocycles. The van der Waals surface area contributed by atoms with Gasteiger partial charge >= 0.3 is 0 Å². The van der Waals surface area contributed by atoms with Gasteiger partial charge in [0.15, 0.2) is 0 Å². The number of aliphatic hydroxyl groups excluding tert-OH is 2. The van der Waals surface area contributed by atoms with Crippen LogP contribution >= 0.6 is 0 Å². The van der Waals surface area contributed by atoms with Gasteiger partial charge in [-0.2, -0.15) is 0 Å². The van der Waals surface area contributed by atoms with E-state index in [9.17, 15) is 4.79 Å². The van der Waals surface area contributed by atoms with Crippen LogP contribution in [0, 0.1) is 0 Å². The number of carbonyl (C=O) groups excluding carboxylic acids is 1. The van der Waals surface area contributed by atoms with Crippen molar-refractivity contribution in [2.45, 2.75) is 51.9 Å². The van der Waals surface area contributed by atoms with E-state index in [1.165, 1.54) is 6.92 Å². The molecule has 0 radical (unpaired) electrons. The van der Waals surface area contributed by atoms with Crippen LogP contribution in [0.2, 0.25) is 0 Å². The van der Waals surface area contributed by atoms with Crippen molar-refractivity contribution < 1.29 is 29.2 Å². The van der Waals surface area contributed by atoms with Gasteiger partial charge < -0.3 is 29.7 Å². The molecule has 3 atom stereocenters. The van der Waals surface area contributed by atoms with Crippen molar-refractivity contribution in [1.82, 2.24) is 5.32 Å². The molecule has 134 valence electrons. The number of nitrogens with one attached hydrogen (secondary N) is 1. The smallest absolute Gasteiger partial charge is 0.220 e. The Labute approximate surface area is 133 Å². The van der Waals surface area contributed by atoms with Crippen LogP contribution in [0.4, 0.5) is 0 Å². The minimum Gasteiger partial charge on any atom is -0.394 e. The van der Waals surface area contributed by atoms with E-state index in [1.54, 1.807) is 14.2 Å². The van der Waals surface area contributed by atoms with Crippen molar-refractivity contribution in [3.05, 3.63) is 0 Å². The molecule has 1 aliphatic heterocycles. The molecule has 0 aromatic heterocycles. The van der Waals surface area contributed by atoms with E-state index in [0.29, 0.717) is 13.2 Å². The third-order valence-electron chi connectivity index (χ3n) is 2.59. The Balaban J connectivity index is 0. The third kappa shape index (κ3) is 19.3. The molecule has 3 unspecified atom stereocenters. The average molecular weight is 323 g/mol. The van der Waals surface area contributed by atoms with Crippen LogP contribution in [0.1, 0.15) is 33.6 Å². The summed E-state index contributed by atoms with van der Waals surface area (Å²) in [5.74, 6) is 0.204. The zero-order valence-electron chi connectivity index (χ0n) is 14.5. The summed E-state index contributed by atoms with van der Waals surface area (Å²) in [7, 11) is 3.34. The van der Waals surface area contributed by atoms with Crippen LogP contribution in [0.3, 0.4) is 0 Å². The van der Waals surface area contributed by atoms with Crippen LogP contribution in [0.5, 0.6) is 0 Å². The van der Waals surface area contributed by atoms with Gasteiger partial charge in [0.1, 0.15) is 0 Å². The van der Waals surface area contributed by atoms with E-state index in [2.05, 4.69) is 5.32 Å². The molecule has 3 N–H and O–H groups in total. The summed E-state index contributed by atoms with van der Waals surface area (Å²) in [5.41, 5.74) is 0. The monoisotopic (exact) mass is 323 g/mol. The summed E-state index contributed by atoms with van der Waals surface area (Å²) >= 11 is 0. The van der Waals surface area contributed by atoms with Crippen molar-refractivity contribution in [2.75, 3.05) is 40.6 Å². The highest BCUT2D eigenvalue weighted by atomic mass is 16.5. The molecule has 7 heteroatoms. The number of amides is 1. The molecule has 0 aromatic rings. The standard InChI is InChI=1S/C8H18O3.C4H7NO.C3H8O2/c1-7(10-4)6-11-8(2)5-9-3;6-4-2-1-3-5-4;1-3(5)2-4/h7-8H,5-6H2,1-4H3;1-3H2,(H,5,6);3-5H,2H2,1H3. The summed E-state index contributed by atoms with van der Waals surface area (Å²) < 4.78 is 15.3. The molecule has 0 aliphatic carbocycles. The molecular weight excluding hydrogens is 290 g/mol. The van der Waals surface area contributed by atoms with E-state index >= 15 is 0 Å². The summed E-state index contributed by atoms with van der Waals surface area (Å²) in [5, 5.41) is 18.7. The normalized spacial score (nSPS) is 17.3. The van der Waals surface area contributed by atoms with Crippen LogP contribution in [0.25, 0.3) is 0 Å². The van der Waals surface area contributed by atoms with Gasteiger partial charge in [-0.25, -0.2) is 0 Å². The van der Waals surface area contributed by atoms with Gasteiger partial charge in [0.25, 0.3) is 0 Å². The first-order valence-corrected chi connectivity index (χ1v) is 7.56. The molecule has 1 fully saturated rings. The predicted octanol–water partition coefficient (Wildman–Crippen LogP) is 0.329. The molecule has 1 saturated heterocycles. The van der Waals surface area contributed by atoms with E-state index in [0.717, 1.165) is 19.4 Å². The number of rotatable bonds is 7. The molecule has 7 nitrogen and oxygen atoms in total. The molecule has 0 bridgehead atoms. The minimum atomic E-state index is -0.560. The SMILES string of the molecule is CC(O)CO.COCC(C)OCC(C)OC.O=C1CCCN1. The first-order chi connectivity index (χ1) is 10.4. The zero-order valence-corrected chi connectivity index (χ0v) is 14.5. The Morgan fingerprint density at radius 3 is 2.05 bits per heavy atom. The second-order valence-corrected chi connectivity index (χ2v) is 5.13. The Morgan fingerprint density at radius 2 is 1.77 bits per heavy atom. The van der Waals surface area contributed by atoms with E-state index in [4.69, 9.17) is 24.4 Å². The molecular formula is C15H33NO6. The van der Waals surface area contributed by atoms with Crippen LogP contribution in [-0.4, -0.2) is 75.0 Å². The Kier molecular flexibility index (Phi) is 17.8. The quantitative estimate of drug-likeness (QED) is 0.625. The molecule has 1 rings (SSSR count). The number of hydrogen-bond donors (Lipinski definition) is 3. The fourth-order valence-corrected chi connectivity index (χ4v) is 1.22. The number of aliphatic hydroxyl groups is 2. The number of methoxy groups -OCH3 is 2. The Bertz CT molecular complexity index is 242. The van der Waals surface area contributed by atoms with Crippen LogP contribution in [-0.2, 0) is 19.0 Å². The van der Waals surface area contributed by atoms with Crippen molar-refractivity contribution in [3.8, 4) is 0 Å². The van der Waals surface area contributed by atoms with Crippen molar-refractivity contribution in [2.24, 2.45) is 0 Å². The summed E-state index contributed by atoms with van der Waals surface area (Å²) in [6.07, 6.45) is 1.51. The summed E-state index contributed by atoms with van der Waals surface area (Å²) in [6.45, 7) is 7.49. The summed E-state index contributed by atoms with van der Waals surface area (Å²) in [6, 6.07) is 0. The highest BCUT2D eigenvalue weighted by Gasteiger charge is 2.05. The largest absolute Gasteiger partial charge is 0.394 e. The second-order valence-electron chi connectivity index (χ2n) is 5.13. The minimum absolute atomic E-state index is 0.139. The van der Waals surface area contributed by atoms with E-state index in [-0.39, 0.29) is 24.7 Å². The lowest BCUT2D eigenvalue weighted by atomic mass is 10.4. The fraction of sp³-hybridized carbons (Fsp3) is 0.933. The maximum Gasteiger partial charge on any atom is 0.220 e. The number of carbonyl (C=O) groups is 1. The zero-order chi connectivity index (χ0) is 17.4. The van der Waals surface area contributed by atoms with E-state index in [1.807, 2.05) is 13.8 Å². The van der Waals surface area contributed by atoms with Crippen molar-refractivity contribution in [1.29, 1.82) is 0 Å². The number of ether oxygens (including phenoxy) is 3.